The van der Waals surface area contributed by atoms with E-state index < -0.39 is 11.9 Å². The van der Waals surface area contributed by atoms with Crippen molar-refractivity contribution in [3.63, 3.8) is 0 Å². The summed E-state index contributed by atoms with van der Waals surface area (Å²) in [5.74, 6) is 0.301. The van der Waals surface area contributed by atoms with Crippen LogP contribution in [0.4, 0.5) is 0 Å². The summed E-state index contributed by atoms with van der Waals surface area (Å²) >= 11 is 0. The molecule has 28 heavy (non-hydrogen) atoms. The van der Waals surface area contributed by atoms with Gasteiger partial charge in [-0.1, -0.05) is 25.3 Å². The van der Waals surface area contributed by atoms with Crippen LogP contribution in [0.3, 0.4) is 0 Å². The Kier molecular flexibility index (Phi) is 10.0. The molecule has 0 heterocycles. The monoisotopic (exact) mass is 392 g/mol. The van der Waals surface area contributed by atoms with E-state index in [0.717, 1.165) is 63.5 Å². The molecule has 0 N–H and O–H groups in total. The van der Waals surface area contributed by atoms with E-state index in [1.165, 1.54) is 0 Å². The molecular formula is C22H32O6. The Labute approximate surface area is 167 Å². The Bertz CT molecular complexity index is 491. The highest BCUT2D eigenvalue weighted by molar-refractivity contribution is 5.81. The zero-order chi connectivity index (χ0) is 20.2. The fourth-order valence-corrected chi connectivity index (χ4v) is 3.70. The predicted octanol–water partition coefficient (Wildman–Crippen LogP) is 4.07. The maximum Gasteiger partial charge on any atom is 0.332 e. The summed E-state index contributed by atoms with van der Waals surface area (Å²) in [7, 11) is 0. The van der Waals surface area contributed by atoms with E-state index in [0.29, 0.717) is 11.8 Å². The van der Waals surface area contributed by atoms with Gasteiger partial charge in [0.05, 0.1) is 12.2 Å². The van der Waals surface area contributed by atoms with Crippen LogP contribution in [0.5, 0.6) is 0 Å². The molecule has 0 aromatic heterocycles. The van der Waals surface area contributed by atoms with Crippen molar-refractivity contribution in [2.75, 3.05) is 13.6 Å². The van der Waals surface area contributed by atoms with Crippen molar-refractivity contribution in [2.45, 2.75) is 63.6 Å². The average Bonchev–Trinajstić information content (AvgIpc) is 2.73. The zero-order valence-electron chi connectivity index (χ0n) is 16.6. The molecule has 6 heteroatoms. The Balaban J connectivity index is 1.56. The molecule has 2 aliphatic rings. The first kappa shape index (κ1) is 22.4. The smallest absolute Gasteiger partial charge is 0.332 e. The highest BCUT2D eigenvalue weighted by Gasteiger charge is 2.23. The van der Waals surface area contributed by atoms with Crippen LogP contribution in [-0.4, -0.2) is 37.7 Å². The van der Waals surface area contributed by atoms with Crippen LogP contribution in [0.15, 0.2) is 37.5 Å². The van der Waals surface area contributed by atoms with Gasteiger partial charge < -0.3 is 18.9 Å². The maximum atomic E-state index is 11.0. The molecule has 0 amide bonds. The second-order valence-corrected chi connectivity index (χ2v) is 7.36. The van der Waals surface area contributed by atoms with Gasteiger partial charge >= 0.3 is 11.9 Å². The lowest BCUT2D eigenvalue weighted by atomic mass is 9.83. The highest BCUT2D eigenvalue weighted by Crippen LogP contribution is 2.31. The number of hydrogen-bond acceptors (Lipinski definition) is 6. The van der Waals surface area contributed by atoms with Gasteiger partial charge in [-0.05, 0) is 63.2 Å². The maximum absolute atomic E-state index is 11.0. The third-order valence-electron chi connectivity index (χ3n) is 5.44. The lowest BCUT2D eigenvalue weighted by Gasteiger charge is -2.28. The van der Waals surface area contributed by atoms with Crippen molar-refractivity contribution in [2.24, 2.45) is 11.8 Å². The molecule has 0 saturated heterocycles. The van der Waals surface area contributed by atoms with Gasteiger partial charge in [0.15, 0.2) is 13.6 Å². The van der Waals surface area contributed by atoms with Crippen molar-refractivity contribution in [3.8, 4) is 0 Å². The van der Waals surface area contributed by atoms with E-state index in [4.69, 9.17) is 18.9 Å². The summed E-state index contributed by atoms with van der Waals surface area (Å²) < 4.78 is 20.9. The standard InChI is InChI=1S/C22H32O6/c1-3-21(23)27-15-25-19-11-7-17(8-12-19)5-6-18-9-13-20(14-10-18)26-16-28-22(24)4-2/h3-6,17-20H,1-2,7-16H2. The van der Waals surface area contributed by atoms with Crippen LogP contribution in [0.2, 0.25) is 0 Å². The summed E-state index contributed by atoms with van der Waals surface area (Å²) in [6.45, 7) is 6.73. The molecule has 2 fully saturated rings. The van der Waals surface area contributed by atoms with Crippen molar-refractivity contribution in [1.82, 2.24) is 0 Å². The summed E-state index contributed by atoms with van der Waals surface area (Å²) in [4.78, 5) is 22.0. The summed E-state index contributed by atoms with van der Waals surface area (Å²) in [6.07, 6.45) is 15.7. The van der Waals surface area contributed by atoms with Crippen LogP contribution in [0, 0.1) is 11.8 Å². The Morgan fingerprint density at radius 1 is 0.679 bits per heavy atom. The van der Waals surface area contributed by atoms with Crippen LogP contribution < -0.4 is 0 Å². The van der Waals surface area contributed by atoms with Crippen LogP contribution >= 0.6 is 0 Å². The molecule has 0 aliphatic heterocycles. The summed E-state index contributed by atoms with van der Waals surface area (Å²) in [5.41, 5.74) is 0. The molecule has 2 saturated carbocycles. The van der Waals surface area contributed by atoms with Gasteiger partial charge in [-0.15, -0.1) is 0 Å². The highest BCUT2D eigenvalue weighted by atomic mass is 16.7. The van der Waals surface area contributed by atoms with Gasteiger partial charge in [-0.25, -0.2) is 9.59 Å². The predicted molar refractivity (Wildman–Crippen MR) is 105 cm³/mol. The third kappa shape index (κ3) is 8.40. The van der Waals surface area contributed by atoms with Crippen molar-refractivity contribution >= 4 is 11.9 Å². The largest absolute Gasteiger partial charge is 0.435 e. The molecule has 6 nitrogen and oxygen atoms in total. The quantitative estimate of drug-likeness (QED) is 0.242. The van der Waals surface area contributed by atoms with E-state index in [2.05, 4.69) is 25.3 Å². The van der Waals surface area contributed by atoms with Gasteiger partial charge in [-0.3, -0.25) is 0 Å². The molecular weight excluding hydrogens is 360 g/mol. The number of carbonyl (C=O) groups excluding carboxylic acids is 2. The Morgan fingerprint density at radius 2 is 1.04 bits per heavy atom. The SMILES string of the molecule is C=CC(=O)OCOC1CCC(C=CC2CCC(OCOC(=O)C=C)CC2)CC1. The molecule has 0 radical (unpaired) electrons. The minimum absolute atomic E-state index is 0.00806. The molecule has 0 aromatic carbocycles. The summed E-state index contributed by atoms with van der Waals surface area (Å²) in [6, 6.07) is 0. The number of hydrogen-bond donors (Lipinski definition) is 0. The lowest BCUT2D eigenvalue weighted by Crippen LogP contribution is -2.23. The fraction of sp³-hybridized carbons (Fsp3) is 0.636. The number of carbonyl (C=O) groups is 2. The number of allylic oxidation sites excluding steroid dienone is 2. The second-order valence-electron chi connectivity index (χ2n) is 7.36. The van der Waals surface area contributed by atoms with Gasteiger partial charge in [-0.2, -0.15) is 0 Å². The number of esters is 2. The summed E-state index contributed by atoms with van der Waals surface area (Å²) in [5, 5.41) is 0. The first-order chi connectivity index (χ1) is 13.6. The van der Waals surface area contributed by atoms with Crippen LogP contribution in [0.1, 0.15) is 51.4 Å². The molecule has 0 spiro atoms. The number of ether oxygens (including phenoxy) is 4. The molecule has 0 unspecified atom stereocenters. The van der Waals surface area contributed by atoms with Gasteiger partial charge in [0.1, 0.15) is 0 Å². The molecule has 2 aliphatic carbocycles. The average molecular weight is 392 g/mol. The fourth-order valence-electron chi connectivity index (χ4n) is 3.70. The van der Waals surface area contributed by atoms with Gasteiger partial charge in [0.25, 0.3) is 0 Å². The Morgan fingerprint density at radius 3 is 1.36 bits per heavy atom. The molecule has 2 rings (SSSR count). The molecule has 0 aromatic rings. The third-order valence-corrected chi connectivity index (χ3v) is 5.44. The van der Waals surface area contributed by atoms with E-state index >= 15 is 0 Å². The number of rotatable bonds is 10. The van der Waals surface area contributed by atoms with E-state index in [1.54, 1.807) is 0 Å². The normalized spacial score (nSPS) is 27.9. The van der Waals surface area contributed by atoms with Crippen molar-refractivity contribution in [1.29, 1.82) is 0 Å². The minimum atomic E-state index is -0.450. The van der Waals surface area contributed by atoms with Crippen LogP contribution in [0.25, 0.3) is 0 Å². The van der Waals surface area contributed by atoms with Gasteiger partial charge in [0, 0.05) is 12.2 Å². The van der Waals surface area contributed by atoms with Crippen molar-refractivity contribution in [3.05, 3.63) is 37.5 Å². The van der Waals surface area contributed by atoms with E-state index in [1.807, 2.05) is 0 Å². The first-order valence-electron chi connectivity index (χ1n) is 10.1. The van der Waals surface area contributed by atoms with E-state index in [9.17, 15) is 9.59 Å². The second kappa shape index (κ2) is 12.5. The van der Waals surface area contributed by atoms with E-state index in [-0.39, 0.29) is 25.8 Å². The first-order valence-corrected chi connectivity index (χ1v) is 10.1. The zero-order valence-corrected chi connectivity index (χ0v) is 16.6. The molecule has 0 atom stereocenters. The minimum Gasteiger partial charge on any atom is -0.435 e. The lowest BCUT2D eigenvalue weighted by molar-refractivity contribution is -0.157. The molecule has 0 bridgehead atoms. The Hall–Kier alpha value is -1.92. The van der Waals surface area contributed by atoms with Gasteiger partial charge in [0.2, 0.25) is 0 Å². The van der Waals surface area contributed by atoms with Crippen molar-refractivity contribution < 1.29 is 28.5 Å². The molecule has 156 valence electrons. The topological polar surface area (TPSA) is 71.1 Å². The van der Waals surface area contributed by atoms with Crippen LogP contribution in [-0.2, 0) is 28.5 Å².